The van der Waals surface area contributed by atoms with Crippen molar-refractivity contribution in [3.8, 4) is 0 Å². The minimum absolute atomic E-state index is 0.282. The summed E-state index contributed by atoms with van der Waals surface area (Å²) in [6, 6.07) is 0.364. The Morgan fingerprint density at radius 1 is 1.67 bits per heavy atom. The molecule has 0 saturated carbocycles. The van der Waals surface area contributed by atoms with Gasteiger partial charge in [0.1, 0.15) is 0 Å². The van der Waals surface area contributed by atoms with Gasteiger partial charge in [-0.3, -0.25) is 4.79 Å². The molecule has 64 valence electrons. The van der Waals surface area contributed by atoms with Crippen molar-refractivity contribution in [3.05, 3.63) is 23.8 Å². The summed E-state index contributed by atoms with van der Waals surface area (Å²) in [5, 5.41) is 0. The van der Waals surface area contributed by atoms with Crippen molar-refractivity contribution in [2.75, 3.05) is 6.54 Å². The van der Waals surface area contributed by atoms with Gasteiger partial charge in [-0.25, -0.2) is 0 Å². The third kappa shape index (κ3) is 0.986. The lowest BCUT2D eigenvalue weighted by molar-refractivity contribution is -0.128. The Bertz CT molecular complexity index is 278. The summed E-state index contributed by atoms with van der Waals surface area (Å²) < 4.78 is 0. The third-order valence-electron chi connectivity index (χ3n) is 2.74. The lowest BCUT2D eigenvalue weighted by Crippen LogP contribution is -2.36. The molecule has 0 aromatic rings. The Kier molecular flexibility index (Phi) is 1.56. The molecule has 12 heavy (non-hydrogen) atoms. The van der Waals surface area contributed by atoms with E-state index in [9.17, 15) is 4.79 Å². The zero-order valence-corrected chi connectivity index (χ0v) is 7.34. The van der Waals surface area contributed by atoms with Crippen LogP contribution in [0.5, 0.6) is 0 Å². The number of carbonyl (C=O) groups is 1. The quantitative estimate of drug-likeness (QED) is 0.530. The van der Waals surface area contributed by atoms with E-state index in [4.69, 9.17) is 0 Å². The van der Waals surface area contributed by atoms with Crippen LogP contribution in [0.15, 0.2) is 23.8 Å². The summed E-state index contributed by atoms with van der Waals surface area (Å²) in [7, 11) is 0. The van der Waals surface area contributed by atoms with Gasteiger partial charge >= 0.3 is 0 Å². The Morgan fingerprint density at radius 3 is 3.17 bits per heavy atom. The fourth-order valence-electron chi connectivity index (χ4n) is 1.87. The van der Waals surface area contributed by atoms with Gasteiger partial charge in [-0.15, -0.1) is 0 Å². The fourth-order valence-corrected chi connectivity index (χ4v) is 1.87. The van der Waals surface area contributed by atoms with Crippen molar-refractivity contribution >= 4 is 5.91 Å². The van der Waals surface area contributed by atoms with Crippen LogP contribution in [0.25, 0.3) is 0 Å². The normalized spacial score (nSPS) is 28.9. The number of hydrogen-bond donors (Lipinski definition) is 0. The van der Waals surface area contributed by atoms with E-state index in [-0.39, 0.29) is 5.91 Å². The number of rotatable bonds is 0. The first-order valence-corrected chi connectivity index (χ1v) is 4.34. The van der Waals surface area contributed by atoms with Crippen LogP contribution in [0.2, 0.25) is 0 Å². The highest BCUT2D eigenvalue weighted by Crippen LogP contribution is 2.28. The SMILES string of the molecule is C=C1CN2C(=O)CC[C@@H]2C=C1C. The van der Waals surface area contributed by atoms with Gasteiger partial charge in [-0.1, -0.05) is 12.7 Å². The average Bonchev–Trinajstić information content (AvgIpc) is 2.35. The van der Waals surface area contributed by atoms with Crippen molar-refractivity contribution in [1.29, 1.82) is 0 Å². The van der Waals surface area contributed by atoms with Crippen LogP contribution >= 0.6 is 0 Å². The summed E-state index contributed by atoms with van der Waals surface area (Å²) in [5.74, 6) is 0.282. The maximum absolute atomic E-state index is 11.3. The predicted molar refractivity (Wildman–Crippen MR) is 47.6 cm³/mol. The molecule has 0 radical (unpaired) electrons. The highest BCUT2D eigenvalue weighted by molar-refractivity contribution is 5.80. The maximum Gasteiger partial charge on any atom is 0.223 e. The Balaban J connectivity index is 2.29. The Labute approximate surface area is 72.6 Å². The lowest BCUT2D eigenvalue weighted by Gasteiger charge is -2.29. The smallest absolute Gasteiger partial charge is 0.223 e. The molecule has 1 amide bonds. The van der Waals surface area contributed by atoms with E-state index in [1.807, 2.05) is 4.90 Å². The van der Waals surface area contributed by atoms with E-state index >= 15 is 0 Å². The molecule has 1 saturated heterocycles. The highest BCUT2D eigenvalue weighted by Gasteiger charge is 2.32. The molecule has 2 aliphatic rings. The monoisotopic (exact) mass is 163 g/mol. The molecule has 0 N–H and O–H groups in total. The van der Waals surface area contributed by atoms with Gasteiger partial charge in [-0.2, -0.15) is 0 Å². The topological polar surface area (TPSA) is 20.3 Å². The van der Waals surface area contributed by atoms with Gasteiger partial charge in [0, 0.05) is 13.0 Å². The number of carbonyl (C=O) groups excluding carboxylic acids is 1. The van der Waals surface area contributed by atoms with Crippen molar-refractivity contribution < 1.29 is 4.79 Å². The first-order chi connectivity index (χ1) is 5.68. The molecule has 1 atom stereocenters. The highest BCUT2D eigenvalue weighted by atomic mass is 16.2. The van der Waals surface area contributed by atoms with Crippen molar-refractivity contribution in [2.24, 2.45) is 0 Å². The van der Waals surface area contributed by atoms with Crippen LogP contribution in [-0.4, -0.2) is 23.4 Å². The van der Waals surface area contributed by atoms with E-state index in [1.165, 1.54) is 5.57 Å². The summed E-state index contributed by atoms with van der Waals surface area (Å²) in [6.07, 6.45) is 3.86. The van der Waals surface area contributed by atoms with Gasteiger partial charge in [0.15, 0.2) is 0 Å². The van der Waals surface area contributed by atoms with Crippen LogP contribution in [0, 0.1) is 0 Å². The van der Waals surface area contributed by atoms with Gasteiger partial charge < -0.3 is 4.90 Å². The van der Waals surface area contributed by atoms with Gasteiger partial charge in [0.2, 0.25) is 5.91 Å². The zero-order valence-electron chi connectivity index (χ0n) is 7.34. The van der Waals surface area contributed by atoms with Crippen LogP contribution < -0.4 is 0 Å². The number of fused-ring (bicyclic) bond motifs is 1. The molecule has 0 unspecified atom stereocenters. The minimum Gasteiger partial charge on any atom is -0.332 e. The molecule has 2 rings (SSSR count). The first-order valence-electron chi connectivity index (χ1n) is 4.34. The number of nitrogens with zero attached hydrogens (tertiary/aromatic N) is 1. The molecule has 2 heteroatoms. The van der Waals surface area contributed by atoms with Gasteiger partial charge in [-0.05, 0) is 24.5 Å². The molecule has 0 aromatic heterocycles. The zero-order chi connectivity index (χ0) is 8.72. The summed E-state index contributed by atoms with van der Waals surface area (Å²) >= 11 is 0. The van der Waals surface area contributed by atoms with E-state index < -0.39 is 0 Å². The number of hydrogen-bond acceptors (Lipinski definition) is 1. The predicted octanol–water partition coefficient (Wildman–Crippen LogP) is 1.49. The average molecular weight is 163 g/mol. The van der Waals surface area contributed by atoms with Gasteiger partial charge in [0.25, 0.3) is 0 Å². The molecule has 1 fully saturated rings. The standard InChI is InChI=1S/C10H13NO/c1-7-5-9-3-4-10(12)11(9)6-8(7)2/h5,9H,2-4,6H2,1H3/t9-/m1/s1. The summed E-state index contributed by atoms with van der Waals surface area (Å²) in [6.45, 7) is 6.74. The second-order valence-electron chi connectivity index (χ2n) is 3.58. The first kappa shape index (κ1) is 7.59. The van der Waals surface area contributed by atoms with Crippen molar-refractivity contribution in [3.63, 3.8) is 0 Å². The van der Waals surface area contributed by atoms with Crippen molar-refractivity contribution in [2.45, 2.75) is 25.8 Å². The fraction of sp³-hybridized carbons (Fsp3) is 0.500. The van der Waals surface area contributed by atoms with Crippen LogP contribution in [0.4, 0.5) is 0 Å². The largest absolute Gasteiger partial charge is 0.332 e. The molecule has 0 spiro atoms. The second kappa shape index (κ2) is 2.47. The van der Waals surface area contributed by atoms with Crippen LogP contribution in [-0.2, 0) is 4.79 Å². The third-order valence-corrected chi connectivity index (χ3v) is 2.74. The molecule has 2 aliphatic heterocycles. The summed E-state index contributed by atoms with van der Waals surface area (Å²) in [4.78, 5) is 13.2. The molecular formula is C10H13NO. The van der Waals surface area contributed by atoms with E-state index in [2.05, 4.69) is 19.6 Å². The Morgan fingerprint density at radius 2 is 2.42 bits per heavy atom. The van der Waals surface area contributed by atoms with E-state index in [0.29, 0.717) is 12.5 Å². The van der Waals surface area contributed by atoms with Crippen molar-refractivity contribution in [1.82, 2.24) is 4.90 Å². The molecule has 0 bridgehead atoms. The maximum atomic E-state index is 11.3. The second-order valence-corrected chi connectivity index (χ2v) is 3.58. The number of amides is 1. The molecular weight excluding hydrogens is 150 g/mol. The lowest BCUT2D eigenvalue weighted by atomic mass is 10.0. The molecule has 2 nitrogen and oxygen atoms in total. The van der Waals surface area contributed by atoms with E-state index in [1.54, 1.807) is 0 Å². The Hall–Kier alpha value is -1.05. The molecule has 0 aliphatic carbocycles. The van der Waals surface area contributed by atoms with Crippen LogP contribution in [0.1, 0.15) is 19.8 Å². The van der Waals surface area contributed by atoms with Gasteiger partial charge in [0.05, 0.1) is 6.04 Å². The van der Waals surface area contributed by atoms with Crippen LogP contribution in [0.3, 0.4) is 0 Å². The van der Waals surface area contributed by atoms with E-state index in [0.717, 1.165) is 18.5 Å². The summed E-state index contributed by atoms with van der Waals surface area (Å²) in [5.41, 5.74) is 2.34. The minimum atomic E-state index is 0.282. The molecule has 2 heterocycles. The molecule has 0 aromatic carbocycles.